The molecule has 0 bridgehead atoms. The Hall–Kier alpha value is -3.78. The number of H-pyrrole nitrogens is 1. The third-order valence-corrected chi connectivity index (χ3v) is 5.66. The third kappa shape index (κ3) is 4.39. The lowest BCUT2D eigenvalue weighted by molar-refractivity contribution is -0.115. The number of nitrogens with zero attached hydrogens (tertiary/aromatic N) is 2. The van der Waals surface area contributed by atoms with Gasteiger partial charge in [0.25, 0.3) is 5.56 Å². The molecule has 8 heteroatoms. The number of amides is 1. The minimum atomic E-state index is -0.337. The number of aryl methyl sites for hydroxylation is 1. The molecule has 2 aromatic carbocycles. The predicted molar refractivity (Wildman–Crippen MR) is 121 cm³/mol. The fourth-order valence-corrected chi connectivity index (χ4v) is 4.01. The third-order valence-electron chi connectivity index (χ3n) is 4.84. The Morgan fingerprint density at radius 2 is 1.90 bits per heavy atom. The number of anilines is 1. The summed E-state index contributed by atoms with van der Waals surface area (Å²) in [7, 11) is 0. The van der Waals surface area contributed by atoms with Crippen LogP contribution in [0.4, 0.5) is 5.69 Å². The number of rotatable bonds is 6. The van der Waals surface area contributed by atoms with Gasteiger partial charge in [0.2, 0.25) is 11.0 Å². The highest BCUT2D eigenvalue weighted by Gasteiger charge is 2.18. The van der Waals surface area contributed by atoms with Crippen molar-refractivity contribution >= 4 is 28.7 Å². The number of hydrogen-bond donors (Lipinski definition) is 2. The van der Waals surface area contributed by atoms with Gasteiger partial charge in [0.1, 0.15) is 0 Å². The summed E-state index contributed by atoms with van der Waals surface area (Å²) in [4.78, 5) is 41.6. The molecule has 0 spiro atoms. The zero-order valence-corrected chi connectivity index (χ0v) is 17.8. The van der Waals surface area contributed by atoms with E-state index in [9.17, 15) is 14.4 Å². The van der Waals surface area contributed by atoms with Crippen molar-refractivity contribution in [1.29, 1.82) is 0 Å². The van der Waals surface area contributed by atoms with Gasteiger partial charge in [-0.25, -0.2) is 4.98 Å². The van der Waals surface area contributed by atoms with Crippen LogP contribution in [0.5, 0.6) is 0 Å². The summed E-state index contributed by atoms with van der Waals surface area (Å²) in [6.45, 7) is 3.22. The molecule has 2 N–H and O–H groups in total. The van der Waals surface area contributed by atoms with Gasteiger partial charge >= 0.3 is 0 Å². The van der Waals surface area contributed by atoms with Crippen LogP contribution >= 0.6 is 11.3 Å². The number of benzene rings is 2. The number of aromatic amines is 1. The summed E-state index contributed by atoms with van der Waals surface area (Å²) in [5.41, 5.74) is 3.44. The fraction of sp³-hybridized carbons (Fsp3) is 0.130. The highest BCUT2D eigenvalue weighted by atomic mass is 32.1. The van der Waals surface area contributed by atoms with Gasteiger partial charge in [-0.05, 0) is 26.0 Å². The van der Waals surface area contributed by atoms with E-state index in [1.54, 1.807) is 31.2 Å². The molecule has 0 aliphatic heterocycles. The maximum Gasteiger partial charge on any atom is 0.277 e. The van der Waals surface area contributed by atoms with Crippen molar-refractivity contribution < 1.29 is 9.59 Å². The molecule has 4 rings (SSSR count). The lowest BCUT2D eigenvalue weighted by Crippen LogP contribution is -2.22. The van der Waals surface area contributed by atoms with Gasteiger partial charge in [-0.3, -0.25) is 19.5 Å². The largest absolute Gasteiger partial charge is 0.326 e. The lowest BCUT2D eigenvalue weighted by atomic mass is 10.1. The number of nitrogens with one attached hydrogen (secondary N) is 2. The molecule has 0 atom stereocenters. The normalized spacial score (nSPS) is 10.8. The molecule has 4 aromatic rings. The van der Waals surface area contributed by atoms with E-state index in [0.717, 1.165) is 11.3 Å². The minimum absolute atomic E-state index is 0.0845. The van der Waals surface area contributed by atoms with Crippen molar-refractivity contribution in [3.05, 3.63) is 87.2 Å². The van der Waals surface area contributed by atoms with E-state index in [2.05, 4.69) is 15.4 Å². The summed E-state index contributed by atoms with van der Waals surface area (Å²) < 4.78 is 1.37. The maximum atomic E-state index is 12.9. The summed E-state index contributed by atoms with van der Waals surface area (Å²) in [5, 5.41) is 8.16. The van der Waals surface area contributed by atoms with Gasteiger partial charge in [-0.15, -0.1) is 11.3 Å². The van der Waals surface area contributed by atoms with Gasteiger partial charge < -0.3 is 5.32 Å². The summed E-state index contributed by atoms with van der Waals surface area (Å²) in [5.74, 6) is -0.421. The number of thiazole rings is 1. The van der Waals surface area contributed by atoms with Crippen molar-refractivity contribution in [1.82, 2.24) is 14.8 Å². The molecule has 31 heavy (non-hydrogen) atoms. The molecule has 1 amide bonds. The highest BCUT2D eigenvalue weighted by Crippen LogP contribution is 2.23. The number of carbonyl (C=O) groups is 2. The molecular formula is C23H20N4O3S. The molecule has 156 valence electrons. The molecular weight excluding hydrogens is 412 g/mol. The number of aromatic nitrogens is 3. The van der Waals surface area contributed by atoms with Gasteiger partial charge in [0.15, 0.2) is 5.78 Å². The summed E-state index contributed by atoms with van der Waals surface area (Å²) >= 11 is 1.35. The Kier molecular flexibility index (Phi) is 5.64. The van der Waals surface area contributed by atoms with Gasteiger partial charge in [-0.1, -0.05) is 42.5 Å². The molecule has 0 saturated carbocycles. The monoisotopic (exact) mass is 432 g/mol. The average molecular weight is 433 g/mol. The van der Waals surface area contributed by atoms with E-state index >= 15 is 0 Å². The van der Waals surface area contributed by atoms with E-state index in [1.165, 1.54) is 22.9 Å². The van der Waals surface area contributed by atoms with Crippen LogP contribution in [-0.4, -0.2) is 26.5 Å². The maximum absolute atomic E-state index is 12.9. The molecule has 0 aliphatic carbocycles. The van der Waals surface area contributed by atoms with Gasteiger partial charge in [0, 0.05) is 33.5 Å². The van der Waals surface area contributed by atoms with E-state index < -0.39 is 0 Å². The standard InChI is InChI=1S/C23H20N4O3S/c1-14-19(12-21(29)24-18-10-6-9-17(11-18)15(2)28)22(30)27(26-14)23-25-20(13-31-23)16-7-4-3-5-8-16/h3-11,13,26H,12H2,1-2H3,(H,24,29). The molecule has 0 saturated heterocycles. The van der Waals surface area contributed by atoms with E-state index in [4.69, 9.17) is 0 Å². The van der Waals surface area contributed by atoms with E-state index in [-0.39, 0.29) is 23.7 Å². The van der Waals surface area contributed by atoms with Crippen molar-refractivity contribution in [2.45, 2.75) is 20.3 Å². The van der Waals surface area contributed by atoms with Crippen LogP contribution in [0.2, 0.25) is 0 Å². The van der Waals surface area contributed by atoms with Crippen molar-refractivity contribution in [3.63, 3.8) is 0 Å². The van der Waals surface area contributed by atoms with Gasteiger partial charge in [0.05, 0.1) is 12.1 Å². The zero-order chi connectivity index (χ0) is 22.0. The Labute approximate surface area is 182 Å². The second-order valence-corrected chi connectivity index (χ2v) is 7.94. The topological polar surface area (TPSA) is 96.8 Å². The number of hydrogen-bond acceptors (Lipinski definition) is 5. The number of Topliss-reactive ketones (excluding diaryl/α,β-unsaturated/α-hetero) is 1. The van der Waals surface area contributed by atoms with Crippen LogP contribution in [0, 0.1) is 6.92 Å². The Morgan fingerprint density at radius 3 is 2.65 bits per heavy atom. The van der Waals surface area contributed by atoms with Crippen LogP contribution in [0.15, 0.2) is 64.8 Å². The van der Waals surface area contributed by atoms with Crippen LogP contribution < -0.4 is 10.9 Å². The molecule has 0 aliphatic rings. The summed E-state index contributed by atoms with van der Waals surface area (Å²) in [6, 6.07) is 16.4. The van der Waals surface area contributed by atoms with Crippen LogP contribution in [0.25, 0.3) is 16.4 Å². The average Bonchev–Trinajstić information content (AvgIpc) is 3.35. The predicted octanol–water partition coefficient (Wildman–Crippen LogP) is 3.98. The second-order valence-electron chi connectivity index (χ2n) is 7.10. The first-order valence-electron chi connectivity index (χ1n) is 9.65. The van der Waals surface area contributed by atoms with Crippen LogP contribution in [0.1, 0.15) is 28.5 Å². The first kappa shape index (κ1) is 20.5. The van der Waals surface area contributed by atoms with Crippen molar-refractivity contribution in [2.75, 3.05) is 5.32 Å². The first-order valence-corrected chi connectivity index (χ1v) is 10.5. The highest BCUT2D eigenvalue weighted by molar-refractivity contribution is 7.12. The Balaban J connectivity index is 1.54. The smallest absolute Gasteiger partial charge is 0.277 e. The quantitative estimate of drug-likeness (QED) is 0.450. The van der Waals surface area contributed by atoms with Gasteiger partial charge in [-0.2, -0.15) is 4.68 Å². The number of carbonyl (C=O) groups excluding carboxylic acids is 2. The Morgan fingerprint density at radius 1 is 1.13 bits per heavy atom. The summed E-state index contributed by atoms with van der Waals surface area (Å²) in [6.07, 6.45) is -0.0879. The zero-order valence-electron chi connectivity index (χ0n) is 17.0. The number of ketones is 1. The minimum Gasteiger partial charge on any atom is -0.326 e. The molecule has 0 unspecified atom stereocenters. The molecule has 2 heterocycles. The van der Waals surface area contributed by atoms with Crippen molar-refractivity contribution in [3.8, 4) is 16.4 Å². The first-order chi connectivity index (χ1) is 14.9. The van der Waals surface area contributed by atoms with E-state index in [0.29, 0.717) is 27.6 Å². The molecule has 7 nitrogen and oxygen atoms in total. The lowest BCUT2D eigenvalue weighted by Gasteiger charge is -2.05. The molecule has 2 aromatic heterocycles. The second kappa shape index (κ2) is 8.53. The van der Waals surface area contributed by atoms with E-state index in [1.807, 2.05) is 35.7 Å². The molecule has 0 radical (unpaired) electrons. The molecule has 0 fully saturated rings. The van der Waals surface area contributed by atoms with Crippen molar-refractivity contribution in [2.24, 2.45) is 0 Å². The fourth-order valence-electron chi connectivity index (χ4n) is 3.21. The van der Waals surface area contributed by atoms with Crippen LogP contribution in [0.3, 0.4) is 0 Å². The SMILES string of the molecule is CC(=O)c1cccc(NC(=O)Cc2c(C)[nH]n(-c3nc(-c4ccccc4)cs3)c2=O)c1. The Bertz CT molecular complexity index is 1320. The van der Waals surface area contributed by atoms with Crippen LogP contribution in [-0.2, 0) is 11.2 Å².